The fourth-order valence-corrected chi connectivity index (χ4v) is 3.97. The summed E-state index contributed by atoms with van der Waals surface area (Å²) in [6.45, 7) is 0. The fraction of sp³-hybridized carbons (Fsp3) is 0.846. The lowest BCUT2D eigenvalue weighted by molar-refractivity contribution is 0.275. The van der Waals surface area contributed by atoms with E-state index in [1.165, 1.54) is 32.1 Å². The van der Waals surface area contributed by atoms with E-state index < -0.39 is 0 Å². The maximum atomic E-state index is 5.71. The third kappa shape index (κ3) is 2.29. The molecule has 3 N–H and O–H groups in total. The van der Waals surface area contributed by atoms with Gasteiger partial charge in [0.15, 0.2) is 0 Å². The van der Waals surface area contributed by atoms with Gasteiger partial charge in [-0.05, 0) is 43.4 Å². The van der Waals surface area contributed by atoms with Crippen LogP contribution in [0, 0.1) is 17.8 Å². The molecule has 1 heterocycles. The Bertz CT molecular complexity index is 402. The summed E-state index contributed by atoms with van der Waals surface area (Å²) >= 11 is 0. The molecular formula is C13H23N5. The molecule has 0 aromatic carbocycles. The molecule has 4 atom stereocenters. The quantitative estimate of drug-likeness (QED) is 0.604. The highest BCUT2D eigenvalue weighted by molar-refractivity contribution is 4.94. The number of fused-ring (bicyclic) bond motifs is 2. The van der Waals surface area contributed by atoms with Gasteiger partial charge in [-0.15, -0.1) is 0 Å². The second-order valence-electron chi connectivity index (χ2n) is 6.04. The number of rotatable bonds is 5. The predicted molar refractivity (Wildman–Crippen MR) is 69.4 cm³/mol. The van der Waals surface area contributed by atoms with Crippen LogP contribution in [0.25, 0.3) is 0 Å². The third-order valence-corrected chi connectivity index (χ3v) is 4.94. The van der Waals surface area contributed by atoms with Crippen molar-refractivity contribution in [3.8, 4) is 0 Å². The lowest BCUT2D eigenvalue weighted by atomic mass is 9.83. The lowest BCUT2D eigenvalue weighted by Gasteiger charge is -2.26. The van der Waals surface area contributed by atoms with Crippen molar-refractivity contribution in [2.45, 2.75) is 44.6 Å². The van der Waals surface area contributed by atoms with Gasteiger partial charge in [-0.2, -0.15) is 5.10 Å². The first-order chi connectivity index (χ1) is 8.76. The third-order valence-electron chi connectivity index (χ3n) is 4.94. The van der Waals surface area contributed by atoms with Crippen molar-refractivity contribution in [2.24, 2.45) is 30.6 Å². The first-order valence-electron chi connectivity index (χ1n) is 7.05. The number of hydrazine groups is 1. The largest absolute Gasteiger partial charge is 0.271 e. The van der Waals surface area contributed by atoms with E-state index in [-0.39, 0.29) is 0 Å². The SMILES string of the molecule is Cn1ncnc1CC(CC1CC2CCC1C2)NN. The van der Waals surface area contributed by atoms with Crippen LogP contribution < -0.4 is 11.3 Å². The molecule has 0 aliphatic heterocycles. The van der Waals surface area contributed by atoms with Crippen molar-refractivity contribution < 1.29 is 0 Å². The van der Waals surface area contributed by atoms with E-state index >= 15 is 0 Å². The maximum Gasteiger partial charge on any atom is 0.138 e. The second-order valence-corrected chi connectivity index (χ2v) is 6.04. The van der Waals surface area contributed by atoms with Crippen molar-refractivity contribution in [2.75, 3.05) is 0 Å². The van der Waals surface area contributed by atoms with Crippen LogP contribution in [-0.4, -0.2) is 20.8 Å². The molecule has 2 saturated carbocycles. The van der Waals surface area contributed by atoms with E-state index in [2.05, 4.69) is 15.5 Å². The highest BCUT2D eigenvalue weighted by Crippen LogP contribution is 2.49. The number of hydrogen-bond donors (Lipinski definition) is 2. The smallest absolute Gasteiger partial charge is 0.138 e. The van der Waals surface area contributed by atoms with Gasteiger partial charge in [-0.3, -0.25) is 16.0 Å². The molecule has 0 saturated heterocycles. The van der Waals surface area contributed by atoms with Gasteiger partial charge in [0.05, 0.1) is 0 Å². The standard InChI is InChI=1S/C13H23N5/c1-18-13(15-8-16-18)7-12(17-14)6-11-5-9-2-3-10(11)4-9/h8-12,17H,2-7,14H2,1H3. The fourth-order valence-electron chi connectivity index (χ4n) is 3.97. The maximum absolute atomic E-state index is 5.71. The van der Waals surface area contributed by atoms with Crippen LogP contribution in [-0.2, 0) is 13.5 Å². The van der Waals surface area contributed by atoms with E-state index in [9.17, 15) is 0 Å². The minimum absolute atomic E-state index is 0.331. The minimum atomic E-state index is 0.331. The lowest BCUT2D eigenvalue weighted by Crippen LogP contribution is -2.39. The van der Waals surface area contributed by atoms with Gasteiger partial charge in [-0.1, -0.05) is 6.42 Å². The molecule has 2 fully saturated rings. The summed E-state index contributed by atoms with van der Waals surface area (Å²) < 4.78 is 1.84. The number of aryl methyl sites for hydroxylation is 1. The molecule has 0 radical (unpaired) electrons. The van der Waals surface area contributed by atoms with Crippen LogP contribution in [0.3, 0.4) is 0 Å². The molecule has 100 valence electrons. The average molecular weight is 249 g/mol. The van der Waals surface area contributed by atoms with Gasteiger partial charge in [0.2, 0.25) is 0 Å². The zero-order chi connectivity index (χ0) is 12.5. The van der Waals surface area contributed by atoms with Gasteiger partial charge in [-0.25, -0.2) is 4.98 Å². The number of nitrogens with two attached hydrogens (primary N) is 1. The van der Waals surface area contributed by atoms with E-state index in [1.54, 1.807) is 6.33 Å². The van der Waals surface area contributed by atoms with Gasteiger partial charge in [0, 0.05) is 19.5 Å². The van der Waals surface area contributed by atoms with E-state index in [4.69, 9.17) is 5.84 Å². The molecule has 0 amide bonds. The summed E-state index contributed by atoms with van der Waals surface area (Å²) in [7, 11) is 1.94. The summed E-state index contributed by atoms with van der Waals surface area (Å²) in [4.78, 5) is 4.28. The number of nitrogens with one attached hydrogen (secondary N) is 1. The van der Waals surface area contributed by atoms with Crippen LogP contribution >= 0.6 is 0 Å². The van der Waals surface area contributed by atoms with Crippen LogP contribution in [0.5, 0.6) is 0 Å². The Labute approximate surface area is 108 Å². The number of hydrogen-bond acceptors (Lipinski definition) is 4. The molecule has 1 aromatic heterocycles. The van der Waals surface area contributed by atoms with Crippen molar-refractivity contribution in [1.29, 1.82) is 0 Å². The summed E-state index contributed by atoms with van der Waals surface area (Å²) in [6.07, 6.45) is 9.46. The van der Waals surface area contributed by atoms with Crippen LogP contribution in [0.1, 0.15) is 37.9 Å². The highest BCUT2D eigenvalue weighted by atomic mass is 15.3. The zero-order valence-corrected chi connectivity index (χ0v) is 11.0. The normalized spacial score (nSPS) is 32.0. The number of nitrogens with zero attached hydrogens (tertiary/aromatic N) is 3. The molecule has 2 bridgehead atoms. The Kier molecular flexibility index (Phi) is 3.35. The van der Waals surface area contributed by atoms with E-state index in [0.29, 0.717) is 6.04 Å². The van der Waals surface area contributed by atoms with Gasteiger partial charge in [0.1, 0.15) is 12.2 Å². The van der Waals surface area contributed by atoms with E-state index in [1.807, 2.05) is 11.7 Å². The molecule has 4 unspecified atom stereocenters. The topological polar surface area (TPSA) is 68.8 Å². The minimum Gasteiger partial charge on any atom is -0.271 e. The van der Waals surface area contributed by atoms with Crippen molar-refractivity contribution in [1.82, 2.24) is 20.2 Å². The first kappa shape index (κ1) is 12.1. The molecular weight excluding hydrogens is 226 g/mol. The Hall–Kier alpha value is -0.940. The van der Waals surface area contributed by atoms with Crippen molar-refractivity contribution in [3.05, 3.63) is 12.2 Å². The summed E-state index contributed by atoms with van der Waals surface area (Å²) in [5, 5.41) is 4.11. The number of aromatic nitrogens is 3. The van der Waals surface area contributed by atoms with Crippen molar-refractivity contribution >= 4 is 0 Å². The highest BCUT2D eigenvalue weighted by Gasteiger charge is 2.40. The van der Waals surface area contributed by atoms with Crippen LogP contribution in [0.15, 0.2) is 6.33 Å². The molecule has 5 heteroatoms. The second kappa shape index (κ2) is 4.97. The summed E-state index contributed by atoms with van der Waals surface area (Å²) in [5.41, 5.74) is 2.97. The summed E-state index contributed by atoms with van der Waals surface area (Å²) in [5.74, 6) is 9.57. The van der Waals surface area contributed by atoms with Crippen molar-refractivity contribution in [3.63, 3.8) is 0 Å². The monoisotopic (exact) mass is 249 g/mol. The van der Waals surface area contributed by atoms with Gasteiger partial charge in [0.25, 0.3) is 0 Å². The molecule has 0 spiro atoms. The van der Waals surface area contributed by atoms with E-state index in [0.717, 1.165) is 30.0 Å². The Balaban J connectivity index is 1.58. The molecule has 2 aliphatic rings. The molecule has 5 nitrogen and oxygen atoms in total. The first-order valence-corrected chi connectivity index (χ1v) is 7.05. The van der Waals surface area contributed by atoms with Gasteiger partial charge >= 0.3 is 0 Å². The molecule has 1 aromatic rings. The van der Waals surface area contributed by atoms with Gasteiger partial charge < -0.3 is 0 Å². The molecule has 2 aliphatic carbocycles. The average Bonchev–Trinajstić information content (AvgIpc) is 3.06. The molecule has 3 rings (SSSR count). The zero-order valence-electron chi connectivity index (χ0n) is 11.0. The predicted octanol–water partition coefficient (Wildman–Crippen LogP) is 1.02. The Morgan fingerprint density at radius 2 is 2.39 bits per heavy atom. The van der Waals surface area contributed by atoms with Crippen LogP contribution in [0.2, 0.25) is 0 Å². The Morgan fingerprint density at radius 3 is 2.94 bits per heavy atom. The molecule has 18 heavy (non-hydrogen) atoms. The van der Waals surface area contributed by atoms with Crippen LogP contribution in [0.4, 0.5) is 0 Å². The Morgan fingerprint density at radius 1 is 1.50 bits per heavy atom. The summed E-state index contributed by atoms with van der Waals surface area (Å²) in [6, 6.07) is 0.331.